The number of aryl methyl sites for hydroxylation is 1. The number of rotatable bonds is 4. The molecule has 4 nitrogen and oxygen atoms in total. The Morgan fingerprint density at radius 3 is 2.39 bits per heavy atom. The Balaban J connectivity index is 1.43. The highest BCUT2D eigenvalue weighted by Crippen LogP contribution is 2.28. The molecule has 1 aromatic carbocycles. The molecule has 0 aromatic heterocycles. The van der Waals surface area contributed by atoms with Crippen LogP contribution in [-0.2, 0) is 16.0 Å². The third-order valence-corrected chi connectivity index (χ3v) is 5.98. The molecule has 0 aliphatic carbocycles. The Kier molecular flexibility index (Phi) is 5.60. The van der Waals surface area contributed by atoms with Crippen LogP contribution >= 0.6 is 11.8 Å². The number of carbonyl (C=O) groups excluding carboxylic acids is 2. The highest BCUT2D eigenvalue weighted by Gasteiger charge is 2.30. The number of piperazine rings is 1. The summed E-state index contributed by atoms with van der Waals surface area (Å²) in [5.41, 5.74) is 1.20. The fraction of sp³-hybridized carbons (Fsp3) is 0.556. The van der Waals surface area contributed by atoms with Gasteiger partial charge in [-0.05, 0) is 30.6 Å². The smallest absolute Gasteiger partial charge is 0.235 e. The second kappa shape index (κ2) is 7.86. The van der Waals surface area contributed by atoms with Crippen molar-refractivity contribution in [2.75, 3.05) is 31.9 Å². The Bertz CT molecular complexity index is 535. The largest absolute Gasteiger partial charge is 0.339 e. The maximum Gasteiger partial charge on any atom is 0.235 e. The number of nitrogens with zero attached hydrogens (tertiary/aromatic N) is 2. The normalized spacial score (nSPS) is 21.5. The van der Waals surface area contributed by atoms with Gasteiger partial charge in [0.25, 0.3) is 0 Å². The van der Waals surface area contributed by atoms with E-state index >= 15 is 0 Å². The molecule has 124 valence electrons. The van der Waals surface area contributed by atoms with E-state index in [-0.39, 0.29) is 17.1 Å². The lowest BCUT2D eigenvalue weighted by Gasteiger charge is -2.36. The van der Waals surface area contributed by atoms with Crippen molar-refractivity contribution >= 4 is 23.6 Å². The standard InChI is InChI=1S/C18H24N2O2S/c21-17(9-8-15-5-2-1-3-6-15)19-10-12-20(13-11-19)18(22)16-7-4-14-23-16/h1-3,5-6,16H,4,7-14H2/t16-/m1/s1. The van der Waals surface area contributed by atoms with E-state index in [4.69, 9.17) is 0 Å². The molecule has 2 heterocycles. The second-order valence-electron chi connectivity index (χ2n) is 6.19. The molecule has 0 spiro atoms. The molecule has 2 aliphatic rings. The molecule has 2 saturated heterocycles. The van der Waals surface area contributed by atoms with Gasteiger partial charge in [-0.3, -0.25) is 9.59 Å². The average Bonchev–Trinajstić information content (AvgIpc) is 3.15. The van der Waals surface area contributed by atoms with Gasteiger partial charge in [-0.1, -0.05) is 30.3 Å². The van der Waals surface area contributed by atoms with E-state index in [2.05, 4.69) is 12.1 Å². The summed E-state index contributed by atoms with van der Waals surface area (Å²) in [5, 5.41) is 0.162. The molecule has 0 N–H and O–H groups in total. The molecule has 0 saturated carbocycles. The second-order valence-corrected chi connectivity index (χ2v) is 7.50. The first-order valence-corrected chi connectivity index (χ1v) is 9.51. The lowest BCUT2D eigenvalue weighted by atomic mass is 10.1. The van der Waals surface area contributed by atoms with E-state index in [1.165, 1.54) is 5.56 Å². The van der Waals surface area contributed by atoms with Crippen LogP contribution in [0.5, 0.6) is 0 Å². The first-order valence-electron chi connectivity index (χ1n) is 8.46. The van der Waals surface area contributed by atoms with Crippen LogP contribution in [0.15, 0.2) is 30.3 Å². The highest BCUT2D eigenvalue weighted by molar-refractivity contribution is 8.00. The third-order valence-electron chi connectivity index (χ3n) is 4.62. The van der Waals surface area contributed by atoms with Gasteiger partial charge in [-0.2, -0.15) is 0 Å². The van der Waals surface area contributed by atoms with E-state index in [1.54, 1.807) is 11.8 Å². The fourth-order valence-corrected chi connectivity index (χ4v) is 4.45. The van der Waals surface area contributed by atoms with Crippen LogP contribution in [0.3, 0.4) is 0 Å². The molecule has 0 bridgehead atoms. The van der Waals surface area contributed by atoms with Crippen molar-refractivity contribution in [3.63, 3.8) is 0 Å². The lowest BCUT2D eigenvalue weighted by Crippen LogP contribution is -2.52. The summed E-state index contributed by atoms with van der Waals surface area (Å²) in [6, 6.07) is 10.1. The number of hydrogen-bond donors (Lipinski definition) is 0. The summed E-state index contributed by atoms with van der Waals surface area (Å²) in [6.07, 6.45) is 3.51. The highest BCUT2D eigenvalue weighted by atomic mass is 32.2. The summed E-state index contributed by atoms with van der Waals surface area (Å²) in [6.45, 7) is 2.73. The number of benzene rings is 1. The van der Waals surface area contributed by atoms with Gasteiger partial charge in [0.15, 0.2) is 0 Å². The minimum Gasteiger partial charge on any atom is -0.339 e. The van der Waals surface area contributed by atoms with Crippen LogP contribution in [-0.4, -0.2) is 58.8 Å². The van der Waals surface area contributed by atoms with Crippen molar-refractivity contribution in [1.82, 2.24) is 9.80 Å². The Morgan fingerprint density at radius 2 is 1.74 bits per heavy atom. The molecule has 2 amide bonds. The van der Waals surface area contributed by atoms with Crippen molar-refractivity contribution < 1.29 is 9.59 Å². The van der Waals surface area contributed by atoms with E-state index in [9.17, 15) is 9.59 Å². The minimum absolute atomic E-state index is 0.162. The van der Waals surface area contributed by atoms with E-state index in [0.717, 1.165) is 25.0 Å². The summed E-state index contributed by atoms with van der Waals surface area (Å²) >= 11 is 1.79. The molecule has 1 aromatic rings. The van der Waals surface area contributed by atoms with Gasteiger partial charge in [0, 0.05) is 32.6 Å². The zero-order valence-corrected chi connectivity index (χ0v) is 14.3. The number of thioether (sulfide) groups is 1. The quantitative estimate of drug-likeness (QED) is 0.849. The van der Waals surface area contributed by atoms with Gasteiger partial charge in [-0.25, -0.2) is 0 Å². The Morgan fingerprint density at radius 1 is 1.04 bits per heavy atom. The van der Waals surface area contributed by atoms with Crippen LogP contribution in [0.25, 0.3) is 0 Å². The summed E-state index contributed by atoms with van der Waals surface area (Å²) in [4.78, 5) is 28.6. The zero-order chi connectivity index (χ0) is 16.1. The van der Waals surface area contributed by atoms with E-state index in [1.807, 2.05) is 28.0 Å². The predicted molar refractivity (Wildman–Crippen MR) is 93.4 cm³/mol. The van der Waals surface area contributed by atoms with Crippen LogP contribution < -0.4 is 0 Å². The summed E-state index contributed by atoms with van der Waals surface area (Å²) in [5.74, 6) is 1.59. The van der Waals surface area contributed by atoms with Crippen LogP contribution in [0, 0.1) is 0 Å². The monoisotopic (exact) mass is 332 g/mol. The maximum absolute atomic E-state index is 12.4. The van der Waals surface area contributed by atoms with Gasteiger partial charge >= 0.3 is 0 Å². The minimum atomic E-state index is 0.162. The van der Waals surface area contributed by atoms with Crippen molar-refractivity contribution in [3.05, 3.63) is 35.9 Å². The first kappa shape index (κ1) is 16.4. The third kappa shape index (κ3) is 4.28. The molecule has 2 aliphatic heterocycles. The predicted octanol–water partition coefficient (Wildman–Crippen LogP) is 2.19. The molecule has 0 unspecified atom stereocenters. The Labute approximate surface area is 142 Å². The van der Waals surface area contributed by atoms with Gasteiger partial charge in [0.05, 0.1) is 5.25 Å². The molecule has 3 rings (SSSR count). The molecular weight excluding hydrogens is 308 g/mol. The number of carbonyl (C=O) groups is 2. The van der Waals surface area contributed by atoms with Crippen LogP contribution in [0.1, 0.15) is 24.8 Å². The van der Waals surface area contributed by atoms with Crippen LogP contribution in [0.2, 0.25) is 0 Å². The lowest BCUT2D eigenvalue weighted by molar-refractivity contribution is -0.139. The topological polar surface area (TPSA) is 40.6 Å². The SMILES string of the molecule is O=C(CCc1ccccc1)N1CCN(C(=O)[C@H]2CCCS2)CC1. The number of hydrogen-bond acceptors (Lipinski definition) is 3. The zero-order valence-electron chi connectivity index (χ0n) is 13.4. The van der Waals surface area contributed by atoms with Crippen LogP contribution in [0.4, 0.5) is 0 Å². The first-order chi connectivity index (χ1) is 11.2. The molecule has 5 heteroatoms. The van der Waals surface area contributed by atoms with E-state index < -0.39 is 0 Å². The fourth-order valence-electron chi connectivity index (χ4n) is 3.21. The van der Waals surface area contributed by atoms with E-state index in [0.29, 0.717) is 32.6 Å². The van der Waals surface area contributed by atoms with Gasteiger partial charge < -0.3 is 9.80 Å². The number of amides is 2. The van der Waals surface area contributed by atoms with Crippen molar-refractivity contribution in [2.45, 2.75) is 30.9 Å². The van der Waals surface area contributed by atoms with Gasteiger partial charge in [-0.15, -0.1) is 11.8 Å². The van der Waals surface area contributed by atoms with Crippen molar-refractivity contribution in [3.8, 4) is 0 Å². The molecular formula is C18H24N2O2S. The van der Waals surface area contributed by atoms with Crippen molar-refractivity contribution in [2.24, 2.45) is 0 Å². The van der Waals surface area contributed by atoms with Gasteiger partial charge in [0.2, 0.25) is 11.8 Å². The summed E-state index contributed by atoms with van der Waals surface area (Å²) in [7, 11) is 0. The van der Waals surface area contributed by atoms with Gasteiger partial charge in [0.1, 0.15) is 0 Å². The summed E-state index contributed by atoms with van der Waals surface area (Å²) < 4.78 is 0. The molecule has 23 heavy (non-hydrogen) atoms. The molecule has 1 atom stereocenters. The van der Waals surface area contributed by atoms with Crippen molar-refractivity contribution in [1.29, 1.82) is 0 Å². The molecule has 0 radical (unpaired) electrons. The molecule has 2 fully saturated rings. The Hall–Kier alpha value is -1.49. The maximum atomic E-state index is 12.4. The average molecular weight is 332 g/mol.